The van der Waals surface area contributed by atoms with Crippen molar-refractivity contribution in [3.8, 4) is 6.07 Å². The Morgan fingerprint density at radius 2 is 2.23 bits per heavy atom. The maximum absolute atomic E-state index is 12.2. The van der Waals surface area contributed by atoms with Gasteiger partial charge in [0.05, 0.1) is 12.1 Å². The van der Waals surface area contributed by atoms with E-state index in [4.69, 9.17) is 5.26 Å². The summed E-state index contributed by atoms with van der Waals surface area (Å²) in [6.07, 6.45) is 2.47. The van der Waals surface area contributed by atoms with E-state index in [2.05, 4.69) is 5.32 Å². The zero-order valence-corrected chi connectivity index (χ0v) is 12.8. The van der Waals surface area contributed by atoms with E-state index in [1.54, 1.807) is 11.4 Å². The maximum Gasteiger partial charge on any atom is 0.262 e. The summed E-state index contributed by atoms with van der Waals surface area (Å²) in [6, 6.07) is 11.5. The van der Waals surface area contributed by atoms with Gasteiger partial charge in [-0.2, -0.15) is 5.26 Å². The second-order valence-corrected chi connectivity index (χ2v) is 6.42. The van der Waals surface area contributed by atoms with E-state index in [0.717, 1.165) is 24.0 Å². The smallest absolute Gasteiger partial charge is 0.262 e. The van der Waals surface area contributed by atoms with Gasteiger partial charge in [0.1, 0.15) is 16.5 Å². The Kier molecular flexibility index (Phi) is 3.97. The van der Waals surface area contributed by atoms with Gasteiger partial charge >= 0.3 is 0 Å². The van der Waals surface area contributed by atoms with Crippen LogP contribution >= 0.6 is 11.3 Å². The lowest BCUT2D eigenvalue weighted by molar-refractivity contribution is 0.0190. The molecule has 1 unspecified atom stereocenters. The van der Waals surface area contributed by atoms with E-state index in [1.807, 2.05) is 30.3 Å². The molecule has 0 fully saturated rings. The second-order valence-electron chi connectivity index (χ2n) is 5.50. The highest BCUT2D eigenvalue weighted by Crippen LogP contribution is 2.34. The van der Waals surface area contributed by atoms with Crippen LogP contribution in [0.25, 0.3) is 0 Å². The summed E-state index contributed by atoms with van der Waals surface area (Å²) in [5.74, 6) is -0.303. The van der Waals surface area contributed by atoms with Gasteiger partial charge in [-0.15, -0.1) is 11.3 Å². The molecule has 1 heterocycles. The highest BCUT2D eigenvalue weighted by atomic mass is 32.1. The minimum absolute atomic E-state index is 0.158. The molecule has 112 valence electrons. The number of carbonyl (C=O) groups is 1. The summed E-state index contributed by atoms with van der Waals surface area (Å²) in [5, 5.41) is 24.4. The molecule has 5 heteroatoms. The maximum atomic E-state index is 12.2. The average molecular weight is 312 g/mol. The average Bonchev–Trinajstić information content (AvgIpc) is 3.02. The largest absolute Gasteiger partial charge is 0.383 e. The summed E-state index contributed by atoms with van der Waals surface area (Å²) < 4.78 is 0. The lowest BCUT2D eigenvalue weighted by Gasteiger charge is -2.34. The van der Waals surface area contributed by atoms with E-state index in [0.29, 0.717) is 16.9 Å². The predicted octanol–water partition coefficient (Wildman–Crippen LogP) is 2.57. The molecule has 0 aliphatic heterocycles. The van der Waals surface area contributed by atoms with Crippen LogP contribution in [0.3, 0.4) is 0 Å². The van der Waals surface area contributed by atoms with Crippen molar-refractivity contribution in [2.75, 3.05) is 6.54 Å². The summed E-state index contributed by atoms with van der Waals surface area (Å²) >= 11 is 1.24. The summed E-state index contributed by atoms with van der Waals surface area (Å²) in [6.45, 7) is 0.158. The Balaban J connectivity index is 1.77. The van der Waals surface area contributed by atoms with Gasteiger partial charge in [0, 0.05) is 0 Å². The lowest BCUT2D eigenvalue weighted by atomic mass is 9.79. The topological polar surface area (TPSA) is 73.1 Å². The highest BCUT2D eigenvalue weighted by molar-refractivity contribution is 7.12. The molecule has 22 heavy (non-hydrogen) atoms. The van der Waals surface area contributed by atoms with Crippen LogP contribution in [0, 0.1) is 11.3 Å². The minimum Gasteiger partial charge on any atom is -0.383 e. The number of benzene rings is 1. The fraction of sp³-hybridized carbons (Fsp3) is 0.294. The molecule has 0 spiro atoms. The van der Waals surface area contributed by atoms with E-state index >= 15 is 0 Å². The van der Waals surface area contributed by atoms with Crippen LogP contribution in [0.2, 0.25) is 0 Å². The highest BCUT2D eigenvalue weighted by Gasteiger charge is 2.34. The molecule has 2 aromatic rings. The van der Waals surface area contributed by atoms with Crippen molar-refractivity contribution >= 4 is 17.2 Å². The van der Waals surface area contributed by atoms with Gasteiger partial charge < -0.3 is 10.4 Å². The van der Waals surface area contributed by atoms with E-state index in [9.17, 15) is 9.90 Å². The number of aliphatic hydroxyl groups is 1. The number of hydrogen-bond donors (Lipinski definition) is 2. The molecule has 0 bridgehead atoms. The van der Waals surface area contributed by atoms with Crippen molar-refractivity contribution in [1.29, 1.82) is 5.26 Å². The van der Waals surface area contributed by atoms with Gasteiger partial charge in [-0.1, -0.05) is 24.3 Å². The molecule has 0 radical (unpaired) electrons. The third-order valence-electron chi connectivity index (χ3n) is 4.09. The fourth-order valence-corrected chi connectivity index (χ4v) is 3.72. The number of rotatable bonds is 3. The van der Waals surface area contributed by atoms with Crippen LogP contribution in [0.4, 0.5) is 0 Å². The second kappa shape index (κ2) is 5.91. The van der Waals surface area contributed by atoms with Crippen LogP contribution in [-0.4, -0.2) is 17.6 Å². The monoisotopic (exact) mass is 312 g/mol. The number of nitriles is 1. The van der Waals surface area contributed by atoms with Crippen molar-refractivity contribution in [3.05, 3.63) is 57.3 Å². The third kappa shape index (κ3) is 2.63. The molecule has 1 amide bonds. The molecule has 1 aliphatic rings. The van der Waals surface area contributed by atoms with Crippen molar-refractivity contribution in [3.63, 3.8) is 0 Å². The molecule has 1 aliphatic carbocycles. The minimum atomic E-state index is -1.03. The first-order valence-corrected chi connectivity index (χ1v) is 8.08. The molecule has 1 aromatic carbocycles. The summed E-state index contributed by atoms with van der Waals surface area (Å²) in [7, 11) is 0. The van der Waals surface area contributed by atoms with Gasteiger partial charge in [0.2, 0.25) is 0 Å². The van der Waals surface area contributed by atoms with Gasteiger partial charge in [-0.05, 0) is 41.8 Å². The lowest BCUT2D eigenvalue weighted by Crippen LogP contribution is -2.42. The van der Waals surface area contributed by atoms with Crippen LogP contribution in [0.15, 0.2) is 35.7 Å². The number of carbonyl (C=O) groups excluding carboxylic acids is 1. The van der Waals surface area contributed by atoms with Crippen LogP contribution < -0.4 is 5.32 Å². The van der Waals surface area contributed by atoms with E-state index < -0.39 is 5.60 Å². The first kappa shape index (κ1) is 14.8. The molecule has 1 aromatic heterocycles. The Labute approximate surface area is 133 Å². The van der Waals surface area contributed by atoms with Crippen LogP contribution in [-0.2, 0) is 12.0 Å². The van der Waals surface area contributed by atoms with Gasteiger partial charge in [0.15, 0.2) is 0 Å². The molecule has 4 nitrogen and oxygen atoms in total. The number of thiophene rings is 1. The number of aryl methyl sites for hydroxylation is 1. The quantitative estimate of drug-likeness (QED) is 0.915. The van der Waals surface area contributed by atoms with Crippen molar-refractivity contribution in [2.45, 2.75) is 24.9 Å². The number of amides is 1. The van der Waals surface area contributed by atoms with Crippen LogP contribution in [0.5, 0.6) is 0 Å². The van der Waals surface area contributed by atoms with Gasteiger partial charge in [0.25, 0.3) is 5.91 Å². The summed E-state index contributed by atoms with van der Waals surface area (Å²) in [4.78, 5) is 12.6. The Hall–Kier alpha value is -2.16. The first-order valence-electron chi connectivity index (χ1n) is 7.20. The molecule has 2 N–H and O–H groups in total. The first-order chi connectivity index (χ1) is 10.6. The zero-order chi connectivity index (χ0) is 15.6. The molecule has 0 saturated carbocycles. The van der Waals surface area contributed by atoms with Crippen molar-refractivity contribution < 1.29 is 9.90 Å². The fourth-order valence-electron chi connectivity index (χ4n) is 2.96. The van der Waals surface area contributed by atoms with Crippen molar-refractivity contribution in [1.82, 2.24) is 5.32 Å². The molecule has 3 rings (SSSR count). The molecular formula is C17H16N2O2S. The zero-order valence-electron chi connectivity index (χ0n) is 12.0. The number of hydrogen-bond acceptors (Lipinski definition) is 4. The number of fused-ring (bicyclic) bond motifs is 1. The third-order valence-corrected chi connectivity index (χ3v) is 5.00. The van der Waals surface area contributed by atoms with E-state index in [1.165, 1.54) is 11.3 Å². The predicted molar refractivity (Wildman–Crippen MR) is 84.6 cm³/mol. The number of nitrogens with zero attached hydrogens (tertiary/aromatic N) is 1. The standard InChI is InChI=1S/C17H16N2O2S/c18-10-13-7-9-22-15(13)16(20)19-11-17(21)8-3-5-12-4-1-2-6-14(12)17/h1-2,4,6-7,9,21H,3,5,8,11H2,(H,19,20). The van der Waals surface area contributed by atoms with Gasteiger partial charge in [-0.3, -0.25) is 4.79 Å². The Morgan fingerprint density at radius 1 is 1.41 bits per heavy atom. The number of nitrogens with one attached hydrogen (secondary N) is 1. The van der Waals surface area contributed by atoms with E-state index in [-0.39, 0.29) is 12.5 Å². The normalized spacial score (nSPS) is 20.0. The Bertz CT molecular complexity index is 747. The molecule has 1 atom stereocenters. The van der Waals surface area contributed by atoms with Crippen LogP contribution in [0.1, 0.15) is 39.2 Å². The molecule has 0 saturated heterocycles. The van der Waals surface area contributed by atoms with Gasteiger partial charge in [-0.25, -0.2) is 0 Å². The van der Waals surface area contributed by atoms with Crippen molar-refractivity contribution in [2.24, 2.45) is 0 Å². The SMILES string of the molecule is N#Cc1ccsc1C(=O)NCC1(O)CCCc2ccccc21. The Morgan fingerprint density at radius 3 is 3.05 bits per heavy atom. The molecular weight excluding hydrogens is 296 g/mol. The summed E-state index contributed by atoms with van der Waals surface area (Å²) in [5.41, 5.74) is 1.38.